The Morgan fingerprint density at radius 1 is 1.36 bits per heavy atom. The number of rotatable bonds is 3. The Morgan fingerprint density at radius 3 is 3.00 bits per heavy atom. The van der Waals surface area contributed by atoms with Crippen LogP contribution >= 0.6 is 0 Å². The van der Waals surface area contributed by atoms with Gasteiger partial charge in [-0.15, -0.1) is 0 Å². The number of hydrogen-bond donors (Lipinski definition) is 3. The smallest absolute Gasteiger partial charge is 0.0802 e. The molecule has 2 rings (SSSR count). The predicted octanol–water partition coefficient (Wildman–Crippen LogP) is 1.55. The highest BCUT2D eigenvalue weighted by Crippen LogP contribution is 2.20. The number of aliphatic hydroxyl groups excluding tert-OH is 1. The molecular weight excluding hydrogens is 176 g/mol. The summed E-state index contributed by atoms with van der Waals surface area (Å²) in [5.41, 5.74) is 7.37. The van der Waals surface area contributed by atoms with Gasteiger partial charge < -0.3 is 15.8 Å². The zero-order chi connectivity index (χ0) is 9.97. The second-order valence-electron chi connectivity index (χ2n) is 3.42. The summed E-state index contributed by atoms with van der Waals surface area (Å²) in [5.74, 6) is 0. The first-order valence-electron chi connectivity index (χ1n) is 4.76. The lowest BCUT2D eigenvalue weighted by atomic mass is 10.1. The molecule has 1 aromatic carbocycles. The minimum Gasteiger partial charge on any atom is -0.388 e. The average molecular weight is 190 g/mol. The lowest BCUT2D eigenvalue weighted by Gasteiger charge is -2.09. The van der Waals surface area contributed by atoms with Gasteiger partial charge in [-0.25, -0.2) is 0 Å². The van der Waals surface area contributed by atoms with E-state index in [9.17, 15) is 5.11 Å². The van der Waals surface area contributed by atoms with E-state index >= 15 is 0 Å². The van der Waals surface area contributed by atoms with Crippen LogP contribution in [0.4, 0.5) is 0 Å². The minimum absolute atomic E-state index is 0.451. The Kier molecular flexibility index (Phi) is 2.52. The van der Waals surface area contributed by atoms with Gasteiger partial charge in [0.2, 0.25) is 0 Å². The van der Waals surface area contributed by atoms with Gasteiger partial charge in [0, 0.05) is 11.7 Å². The van der Waals surface area contributed by atoms with Crippen molar-refractivity contribution in [2.24, 2.45) is 5.73 Å². The van der Waals surface area contributed by atoms with E-state index in [0.29, 0.717) is 13.0 Å². The maximum absolute atomic E-state index is 9.72. The van der Waals surface area contributed by atoms with Crippen molar-refractivity contribution in [2.45, 2.75) is 12.5 Å². The quantitative estimate of drug-likeness (QED) is 0.687. The highest BCUT2D eigenvalue weighted by Gasteiger charge is 2.06. The monoisotopic (exact) mass is 190 g/mol. The van der Waals surface area contributed by atoms with Gasteiger partial charge in [0.15, 0.2) is 0 Å². The summed E-state index contributed by atoms with van der Waals surface area (Å²) >= 11 is 0. The summed E-state index contributed by atoms with van der Waals surface area (Å²) < 4.78 is 0. The van der Waals surface area contributed by atoms with Crippen LogP contribution in [0.25, 0.3) is 10.9 Å². The van der Waals surface area contributed by atoms with Crippen molar-refractivity contribution in [1.82, 2.24) is 4.98 Å². The molecule has 1 heterocycles. The molecule has 3 nitrogen and oxygen atoms in total. The number of benzene rings is 1. The molecule has 0 saturated heterocycles. The predicted molar refractivity (Wildman–Crippen MR) is 56.9 cm³/mol. The molecule has 74 valence electrons. The van der Waals surface area contributed by atoms with Crippen LogP contribution in [0.5, 0.6) is 0 Å². The van der Waals surface area contributed by atoms with E-state index in [1.807, 2.05) is 30.5 Å². The summed E-state index contributed by atoms with van der Waals surface area (Å²) in [5, 5.41) is 10.9. The number of aromatic nitrogens is 1. The molecule has 0 aliphatic heterocycles. The fraction of sp³-hybridized carbons (Fsp3) is 0.273. The van der Waals surface area contributed by atoms with Crippen molar-refractivity contribution in [3.63, 3.8) is 0 Å². The number of nitrogens with two attached hydrogens (primary N) is 1. The summed E-state index contributed by atoms with van der Waals surface area (Å²) in [7, 11) is 0. The van der Waals surface area contributed by atoms with Crippen LogP contribution in [0, 0.1) is 0 Å². The molecule has 0 aliphatic rings. The maximum atomic E-state index is 9.72. The highest BCUT2D eigenvalue weighted by atomic mass is 16.3. The summed E-state index contributed by atoms with van der Waals surface area (Å²) in [6, 6.07) is 7.92. The molecule has 0 spiro atoms. The van der Waals surface area contributed by atoms with Crippen molar-refractivity contribution in [1.29, 1.82) is 0 Å². The van der Waals surface area contributed by atoms with Gasteiger partial charge in [-0.1, -0.05) is 12.1 Å². The van der Waals surface area contributed by atoms with E-state index in [2.05, 4.69) is 4.98 Å². The van der Waals surface area contributed by atoms with Gasteiger partial charge in [0.05, 0.1) is 6.10 Å². The second-order valence-corrected chi connectivity index (χ2v) is 3.42. The topological polar surface area (TPSA) is 62.0 Å². The normalized spacial score (nSPS) is 13.3. The number of aromatic amines is 1. The first-order chi connectivity index (χ1) is 6.81. The Morgan fingerprint density at radius 2 is 2.21 bits per heavy atom. The van der Waals surface area contributed by atoms with Crippen LogP contribution in [0.3, 0.4) is 0 Å². The fourth-order valence-corrected chi connectivity index (χ4v) is 1.60. The molecule has 0 bridgehead atoms. The van der Waals surface area contributed by atoms with Crippen LogP contribution < -0.4 is 5.73 Å². The highest BCUT2D eigenvalue weighted by molar-refractivity contribution is 5.79. The van der Waals surface area contributed by atoms with Crippen LogP contribution in [0.2, 0.25) is 0 Å². The van der Waals surface area contributed by atoms with E-state index in [4.69, 9.17) is 5.73 Å². The number of H-pyrrole nitrogens is 1. The average Bonchev–Trinajstić information content (AvgIpc) is 2.64. The Bertz CT molecular complexity index is 422. The Labute approximate surface area is 82.6 Å². The Hall–Kier alpha value is -1.32. The van der Waals surface area contributed by atoms with E-state index in [1.54, 1.807) is 0 Å². The molecule has 14 heavy (non-hydrogen) atoms. The Balaban J connectivity index is 2.33. The van der Waals surface area contributed by atoms with Crippen LogP contribution in [-0.4, -0.2) is 16.6 Å². The van der Waals surface area contributed by atoms with Gasteiger partial charge >= 0.3 is 0 Å². The minimum atomic E-state index is -0.451. The number of hydrogen-bond acceptors (Lipinski definition) is 2. The molecule has 1 atom stereocenters. The third-order valence-electron chi connectivity index (χ3n) is 2.40. The molecule has 0 aliphatic carbocycles. The standard InChI is InChI=1S/C11H14N2O/c12-5-3-11(14)9-2-1-8-4-6-13-10(8)7-9/h1-2,4,6-7,11,13-14H,3,5,12H2/t11-/m0/s1. The molecule has 0 saturated carbocycles. The molecule has 0 unspecified atom stereocenters. The second kappa shape index (κ2) is 3.82. The van der Waals surface area contributed by atoms with Gasteiger partial charge in [-0.3, -0.25) is 0 Å². The van der Waals surface area contributed by atoms with Gasteiger partial charge in [-0.05, 0) is 36.0 Å². The van der Waals surface area contributed by atoms with E-state index in [1.165, 1.54) is 0 Å². The zero-order valence-corrected chi connectivity index (χ0v) is 7.90. The molecule has 0 fully saturated rings. The number of aliphatic hydroxyl groups is 1. The molecule has 0 amide bonds. The van der Waals surface area contributed by atoms with Crippen molar-refractivity contribution in [3.8, 4) is 0 Å². The third kappa shape index (κ3) is 1.64. The SMILES string of the molecule is NCC[C@H](O)c1ccc2cc[nH]c2c1. The van der Waals surface area contributed by atoms with Crippen LogP contribution in [0.15, 0.2) is 30.5 Å². The number of fused-ring (bicyclic) bond motifs is 1. The summed E-state index contributed by atoms with van der Waals surface area (Å²) in [6.07, 6.45) is 2.04. The van der Waals surface area contributed by atoms with Crippen LogP contribution in [-0.2, 0) is 0 Å². The lowest BCUT2D eigenvalue weighted by Crippen LogP contribution is -2.06. The van der Waals surface area contributed by atoms with Crippen molar-refractivity contribution in [2.75, 3.05) is 6.54 Å². The van der Waals surface area contributed by atoms with Gasteiger partial charge in [0.1, 0.15) is 0 Å². The fourth-order valence-electron chi connectivity index (χ4n) is 1.60. The first-order valence-corrected chi connectivity index (χ1v) is 4.76. The molecular formula is C11H14N2O. The van der Waals surface area contributed by atoms with Crippen LogP contribution in [0.1, 0.15) is 18.1 Å². The maximum Gasteiger partial charge on any atom is 0.0802 e. The number of nitrogens with one attached hydrogen (secondary N) is 1. The molecule has 1 aromatic heterocycles. The lowest BCUT2D eigenvalue weighted by molar-refractivity contribution is 0.170. The first kappa shape index (κ1) is 9.24. The van der Waals surface area contributed by atoms with Crippen molar-refractivity contribution in [3.05, 3.63) is 36.0 Å². The van der Waals surface area contributed by atoms with Crippen molar-refractivity contribution < 1.29 is 5.11 Å². The zero-order valence-electron chi connectivity index (χ0n) is 7.90. The third-order valence-corrected chi connectivity index (χ3v) is 2.40. The molecule has 2 aromatic rings. The van der Waals surface area contributed by atoms with E-state index < -0.39 is 6.10 Å². The molecule has 4 N–H and O–H groups in total. The molecule has 3 heteroatoms. The summed E-state index contributed by atoms with van der Waals surface area (Å²) in [4.78, 5) is 3.11. The largest absolute Gasteiger partial charge is 0.388 e. The van der Waals surface area contributed by atoms with Gasteiger partial charge in [0.25, 0.3) is 0 Å². The van der Waals surface area contributed by atoms with E-state index in [-0.39, 0.29) is 0 Å². The van der Waals surface area contributed by atoms with E-state index in [0.717, 1.165) is 16.5 Å². The van der Waals surface area contributed by atoms with Gasteiger partial charge in [-0.2, -0.15) is 0 Å². The van der Waals surface area contributed by atoms with Crippen molar-refractivity contribution >= 4 is 10.9 Å². The summed E-state index contributed by atoms with van der Waals surface area (Å²) in [6.45, 7) is 0.504. The molecule has 0 radical (unpaired) electrons.